The van der Waals surface area contributed by atoms with Crippen molar-refractivity contribution >= 4 is 22.7 Å². The third kappa shape index (κ3) is 6.63. The summed E-state index contributed by atoms with van der Waals surface area (Å²) in [6, 6.07) is 4.89. The number of amides is 1. The van der Waals surface area contributed by atoms with Gasteiger partial charge in [-0.25, -0.2) is 4.39 Å². The van der Waals surface area contributed by atoms with E-state index in [1.807, 2.05) is 0 Å². The molecule has 2 aromatic rings. The minimum Gasteiger partial charge on any atom is -0.376 e. The average Bonchev–Trinajstić information content (AvgIpc) is 3.26. The number of rotatable bonds is 7. The molecule has 1 aliphatic carbocycles. The fourth-order valence-electron chi connectivity index (χ4n) is 6.83. The van der Waals surface area contributed by atoms with Gasteiger partial charge in [-0.2, -0.15) is 0 Å². The van der Waals surface area contributed by atoms with Crippen molar-refractivity contribution in [2.24, 2.45) is 11.3 Å². The lowest BCUT2D eigenvalue weighted by Crippen LogP contribution is -2.47. The molecule has 0 radical (unpaired) electrons. The van der Waals surface area contributed by atoms with Gasteiger partial charge in [-0.05, 0) is 94.9 Å². The Kier molecular flexibility index (Phi) is 7.78. The number of carbonyl (C=O) groups is 1. The van der Waals surface area contributed by atoms with E-state index < -0.39 is 0 Å². The normalized spacial score (nSPS) is 28.9. The highest BCUT2D eigenvalue weighted by Gasteiger charge is 2.39. The van der Waals surface area contributed by atoms with Crippen LogP contribution in [0.1, 0.15) is 72.1 Å². The third-order valence-electron chi connectivity index (χ3n) is 8.79. The van der Waals surface area contributed by atoms with Crippen LogP contribution in [0, 0.1) is 17.2 Å². The molecule has 3 aliphatic rings. The molecular formula is C29H43FN4O3. The number of nitrogens with zero attached hydrogens (tertiary/aromatic N) is 3. The first-order valence-electron chi connectivity index (χ1n) is 14.1. The number of halogens is 1. The zero-order valence-corrected chi connectivity index (χ0v) is 22.7. The van der Waals surface area contributed by atoms with Crippen molar-refractivity contribution in [3.8, 4) is 0 Å². The molecule has 1 aromatic heterocycles. The molecule has 2 aliphatic heterocycles. The SMILES string of the molecule is CC1(C)C[C@@](C)(CC(=O)NC2CCC(CCN3CCN(c4noc5ccc(F)cc45)CC3)CC2)CCO1. The highest BCUT2D eigenvalue weighted by Crippen LogP contribution is 2.41. The first kappa shape index (κ1) is 26.4. The van der Waals surface area contributed by atoms with Gasteiger partial charge in [-0.15, -0.1) is 0 Å². The Labute approximate surface area is 220 Å². The number of hydrogen-bond donors (Lipinski definition) is 1. The molecule has 1 atom stereocenters. The molecular weight excluding hydrogens is 471 g/mol. The van der Waals surface area contributed by atoms with Gasteiger partial charge in [0.1, 0.15) is 5.82 Å². The summed E-state index contributed by atoms with van der Waals surface area (Å²) < 4.78 is 24.9. The minimum absolute atomic E-state index is 0.0318. The second-order valence-corrected chi connectivity index (χ2v) is 12.6. The van der Waals surface area contributed by atoms with Crippen LogP contribution in [0.25, 0.3) is 11.0 Å². The van der Waals surface area contributed by atoms with E-state index in [9.17, 15) is 9.18 Å². The van der Waals surface area contributed by atoms with Gasteiger partial charge in [-0.3, -0.25) is 9.69 Å². The predicted molar refractivity (Wildman–Crippen MR) is 143 cm³/mol. The summed E-state index contributed by atoms with van der Waals surface area (Å²) in [6.07, 6.45) is 8.27. The maximum Gasteiger partial charge on any atom is 0.220 e. The van der Waals surface area contributed by atoms with Crippen LogP contribution in [0.4, 0.5) is 10.2 Å². The van der Waals surface area contributed by atoms with Crippen LogP contribution in [-0.2, 0) is 9.53 Å². The molecule has 1 aromatic carbocycles. The maximum absolute atomic E-state index is 13.7. The van der Waals surface area contributed by atoms with E-state index in [0.717, 1.165) is 82.1 Å². The summed E-state index contributed by atoms with van der Waals surface area (Å²) in [5.41, 5.74) is 0.527. The monoisotopic (exact) mass is 514 g/mol. The standard InChI is InChI=1S/C29H43FN4O3/c1-28(2)20-29(3,11-17-36-28)19-26(35)31-23-7-4-21(5-8-23)10-12-33-13-15-34(16-14-33)27-24-18-22(30)6-9-25(24)37-32-27/h6,9,18,21,23H,4-5,7-8,10-17,19-20H2,1-3H3,(H,31,35)/t21?,23?,29-/m1/s1. The van der Waals surface area contributed by atoms with E-state index in [0.29, 0.717) is 18.0 Å². The summed E-state index contributed by atoms with van der Waals surface area (Å²) in [5, 5.41) is 8.30. The number of anilines is 1. The van der Waals surface area contributed by atoms with Crippen LogP contribution >= 0.6 is 0 Å². The third-order valence-corrected chi connectivity index (χ3v) is 8.79. The molecule has 5 rings (SSSR count). The zero-order chi connectivity index (χ0) is 26.0. The largest absolute Gasteiger partial charge is 0.376 e. The van der Waals surface area contributed by atoms with E-state index >= 15 is 0 Å². The van der Waals surface area contributed by atoms with Gasteiger partial charge in [-0.1, -0.05) is 12.1 Å². The fourth-order valence-corrected chi connectivity index (χ4v) is 6.83. The van der Waals surface area contributed by atoms with Crippen LogP contribution in [0.3, 0.4) is 0 Å². The molecule has 1 amide bonds. The van der Waals surface area contributed by atoms with Crippen LogP contribution in [-0.4, -0.2) is 66.9 Å². The van der Waals surface area contributed by atoms with E-state index in [-0.39, 0.29) is 22.7 Å². The van der Waals surface area contributed by atoms with Gasteiger partial charge in [0.25, 0.3) is 0 Å². The minimum atomic E-state index is -0.262. The molecule has 37 heavy (non-hydrogen) atoms. The summed E-state index contributed by atoms with van der Waals surface area (Å²) in [5.74, 6) is 1.44. The topological polar surface area (TPSA) is 70.8 Å². The Morgan fingerprint density at radius 1 is 1.14 bits per heavy atom. The van der Waals surface area contributed by atoms with E-state index in [1.165, 1.54) is 31.4 Å². The van der Waals surface area contributed by atoms with Gasteiger partial charge in [0.05, 0.1) is 11.0 Å². The highest BCUT2D eigenvalue weighted by atomic mass is 19.1. The van der Waals surface area contributed by atoms with Gasteiger partial charge in [0, 0.05) is 45.2 Å². The second-order valence-electron chi connectivity index (χ2n) is 12.6. The van der Waals surface area contributed by atoms with Crippen molar-refractivity contribution < 1.29 is 18.4 Å². The molecule has 3 heterocycles. The lowest BCUT2D eigenvalue weighted by atomic mass is 9.73. The van der Waals surface area contributed by atoms with Crippen LogP contribution in [0.5, 0.6) is 0 Å². The van der Waals surface area contributed by atoms with Crippen molar-refractivity contribution in [1.82, 2.24) is 15.4 Å². The van der Waals surface area contributed by atoms with Gasteiger partial charge < -0.3 is 19.5 Å². The number of piperazine rings is 1. The highest BCUT2D eigenvalue weighted by molar-refractivity contribution is 5.88. The molecule has 0 spiro atoms. The Bertz CT molecular complexity index is 1070. The summed E-state index contributed by atoms with van der Waals surface area (Å²) in [6.45, 7) is 12.1. The molecule has 3 fully saturated rings. The molecule has 7 nitrogen and oxygen atoms in total. The van der Waals surface area contributed by atoms with Crippen LogP contribution < -0.4 is 10.2 Å². The van der Waals surface area contributed by atoms with Crippen molar-refractivity contribution in [2.45, 2.75) is 83.8 Å². The lowest BCUT2D eigenvalue weighted by molar-refractivity contribution is -0.132. The van der Waals surface area contributed by atoms with Gasteiger partial charge >= 0.3 is 0 Å². The lowest BCUT2D eigenvalue weighted by Gasteiger charge is -2.42. The Morgan fingerprint density at radius 2 is 1.89 bits per heavy atom. The van der Waals surface area contributed by atoms with Gasteiger partial charge in [0.2, 0.25) is 5.91 Å². The number of hydrogen-bond acceptors (Lipinski definition) is 6. The summed E-state index contributed by atoms with van der Waals surface area (Å²) in [4.78, 5) is 17.6. The maximum atomic E-state index is 13.7. The molecule has 0 bridgehead atoms. The number of ether oxygens (including phenoxy) is 1. The fraction of sp³-hybridized carbons (Fsp3) is 0.724. The van der Waals surface area contributed by atoms with Crippen LogP contribution in [0.15, 0.2) is 22.7 Å². The predicted octanol–water partition coefficient (Wildman–Crippen LogP) is 5.14. The first-order chi connectivity index (χ1) is 17.7. The van der Waals surface area contributed by atoms with E-state index in [4.69, 9.17) is 9.26 Å². The Balaban J connectivity index is 1.00. The molecule has 1 saturated carbocycles. The molecule has 0 unspecified atom stereocenters. The van der Waals surface area contributed by atoms with Gasteiger partial charge in [0.15, 0.2) is 11.4 Å². The number of aromatic nitrogens is 1. The molecule has 2 saturated heterocycles. The Hall–Kier alpha value is -2.19. The average molecular weight is 515 g/mol. The smallest absolute Gasteiger partial charge is 0.220 e. The van der Waals surface area contributed by atoms with Crippen molar-refractivity contribution in [3.63, 3.8) is 0 Å². The molecule has 8 heteroatoms. The number of nitrogens with one attached hydrogen (secondary N) is 1. The van der Waals surface area contributed by atoms with Crippen molar-refractivity contribution in [1.29, 1.82) is 0 Å². The quantitative estimate of drug-likeness (QED) is 0.552. The molecule has 204 valence electrons. The van der Waals surface area contributed by atoms with Crippen molar-refractivity contribution in [2.75, 3.05) is 44.2 Å². The van der Waals surface area contributed by atoms with Crippen LogP contribution in [0.2, 0.25) is 0 Å². The summed E-state index contributed by atoms with van der Waals surface area (Å²) in [7, 11) is 0. The number of carbonyl (C=O) groups excluding carboxylic acids is 1. The van der Waals surface area contributed by atoms with Crippen molar-refractivity contribution in [3.05, 3.63) is 24.0 Å². The summed E-state index contributed by atoms with van der Waals surface area (Å²) >= 11 is 0. The Morgan fingerprint density at radius 3 is 2.62 bits per heavy atom. The van der Waals surface area contributed by atoms with E-state index in [1.54, 1.807) is 6.07 Å². The second kappa shape index (κ2) is 10.9. The number of fused-ring (bicyclic) bond motifs is 1. The number of benzene rings is 1. The zero-order valence-electron chi connectivity index (χ0n) is 22.7. The first-order valence-corrected chi connectivity index (χ1v) is 14.1. The van der Waals surface area contributed by atoms with E-state index in [2.05, 4.69) is 41.0 Å². The molecule has 1 N–H and O–H groups in total.